The van der Waals surface area contributed by atoms with Crippen molar-refractivity contribution in [3.05, 3.63) is 59.7 Å². The summed E-state index contributed by atoms with van der Waals surface area (Å²) in [4.78, 5) is 40.3. The Morgan fingerprint density at radius 2 is 1.58 bits per heavy atom. The van der Waals surface area contributed by atoms with Gasteiger partial charge in [0.05, 0.1) is 11.1 Å². The lowest BCUT2D eigenvalue weighted by Gasteiger charge is -2.29. The maximum atomic E-state index is 12.6. The van der Waals surface area contributed by atoms with E-state index in [4.69, 9.17) is 0 Å². The van der Waals surface area contributed by atoms with E-state index < -0.39 is 5.54 Å². The molecule has 0 atom stereocenters. The van der Waals surface area contributed by atoms with Crippen LogP contribution in [0.25, 0.3) is 0 Å². The number of nitrogens with zero attached hydrogens (tertiary/aromatic N) is 2. The Hall–Kier alpha value is -3.15. The Bertz CT molecular complexity index is 885. The first-order valence-corrected chi connectivity index (χ1v) is 8.33. The number of hydrogen-bond donors (Lipinski definition) is 1. The SMILES string of the molecule is CN(C(=O)Nc1ccc2c(c1)C(=O)N(C(C)(C)C)C2=O)c1ccccc1. The Labute approximate surface area is 152 Å². The van der Waals surface area contributed by atoms with Crippen LogP contribution < -0.4 is 10.2 Å². The monoisotopic (exact) mass is 351 g/mol. The van der Waals surface area contributed by atoms with Gasteiger partial charge in [-0.1, -0.05) is 18.2 Å². The fourth-order valence-corrected chi connectivity index (χ4v) is 2.90. The molecule has 3 rings (SSSR count). The fourth-order valence-electron chi connectivity index (χ4n) is 2.90. The van der Waals surface area contributed by atoms with Crippen LogP contribution in [0.5, 0.6) is 0 Å². The van der Waals surface area contributed by atoms with E-state index in [0.29, 0.717) is 16.8 Å². The molecule has 1 aliphatic heterocycles. The predicted octanol–water partition coefficient (Wildman–Crippen LogP) is 3.75. The van der Waals surface area contributed by atoms with E-state index >= 15 is 0 Å². The zero-order chi connectivity index (χ0) is 19.1. The third-order valence-electron chi connectivity index (χ3n) is 4.26. The summed E-state index contributed by atoms with van der Waals surface area (Å²) in [6.45, 7) is 5.44. The van der Waals surface area contributed by atoms with Crippen molar-refractivity contribution in [3.8, 4) is 0 Å². The van der Waals surface area contributed by atoms with Gasteiger partial charge in [-0.2, -0.15) is 0 Å². The summed E-state index contributed by atoms with van der Waals surface area (Å²) in [6.07, 6.45) is 0. The maximum absolute atomic E-state index is 12.6. The number of rotatable bonds is 2. The van der Waals surface area contributed by atoms with Gasteiger partial charge in [-0.3, -0.25) is 19.4 Å². The summed E-state index contributed by atoms with van der Waals surface area (Å²) in [6, 6.07) is 13.7. The predicted molar refractivity (Wildman–Crippen MR) is 101 cm³/mol. The second-order valence-corrected chi connectivity index (χ2v) is 7.20. The molecule has 2 aromatic carbocycles. The van der Waals surface area contributed by atoms with E-state index in [0.717, 1.165) is 5.69 Å². The molecule has 6 nitrogen and oxygen atoms in total. The van der Waals surface area contributed by atoms with Crippen LogP contribution in [-0.4, -0.2) is 35.3 Å². The van der Waals surface area contributed by atoms with Crippen LogP contribution >= 0.6 is 0 Å². The minimum Gasteiger partial charge on any atom is -0.308 e. The molecular formula is C20H21N3O3. The maximum Gasteiger partial charge on any atom is 0.326 e. The molecule has 0 spiro atoms. The normalized spacial score (nSPS) is 13.6. The van der Waals surface area contributed by atoms with Crippen molar-refractivity contribution in [1.82, 2.24) is 4.90 Å². The van der Waals surface area contributed by atoms with Gasteiger partial charge in [0.2, 0.25) is 0 Å². The first kappa shape index (κ1) is 17.7. The average molecular weight is 351 g/mol. The number of amides is 4. The number of carbonyl (C=O) groups is 3. The van der Waals surface area contributed by atoms with E-state index in [1.807, 2.05) is 51.1 Å². The van der Waals surface area contributed by atoms with E-state index in [1.165, 1.54) is 9.80 Å². The largest absolute Gasteiger partial charge is 0.326 e. The van der Waals surface area contributed by atoms with Crippen molar-refractivity contribution in [3.63, 3.8) is 0 Å². The number of urea groups is 1. The van der Waals surface area contributed by atoms with Gasteiger partial charge < -0.3 is 5.32 Å². The second kappa shape index (κ2) is 6.29. The molecule has 134 valence electrons. The molecule has 0 saturated carbocycles. The van der Waals surface area contributed by atoms with Crippen LogP contribution in [0.2, 0.25) is 0 Å². The van der Waals surface area contributed by atoms with Crippen molar-refractivity contribution < 1.29 is 14.4 Å². The molecule has 1 N–H and O–H groups in total. The van der Waals surface area contributed by atoms with Gasteiger partial charge in [-0.15, -0.1) is 0 Å². The molecule has 6 heteroatoms. The lowest BCUT2D eigenvalue weighted by Crippen LogP contribution is -2.45. The van der Waals surface area contributed by atoms with Gasteiger partial charge >= 0.3 is 6.03 Å². The van der Waals surface area contributed by atoms with Gasteiger partial charge in [0, 0.05) is 24.0 Å². The summed E-state index contributed by atoms with van der Waals surface area (Å²) in [5.74, 6) is -0.651. The quantitative estimate of drug-likeness (QED) is 0.838. The Morgan fingerprint density at radius 3 is 2.19 bits per heavy atom. The number of fused-ring (bicyclic) bond motifs is 1. The van der Waals surface area contributed by atoms with Crippen molar-refractivity contribution in [2.45, 2.75) is 26.3 Å². The number of anilines is 2. The molecule has 0 saturated heterocycles. The first-order chi connectivity index (χ1) is 12.2. The number of hydrogen-bond acceptors (Lipinski definition) is 3. The Morgan fingerprint density at radius 1 is 0.962 bits per heavy atom. The van der Waals surface area contributed by atoms with Gasteiger partial charge in [0.25, 0.3) is 11.8 Å². The first-order valence-electron chi connectivity index (χ1n) is 8.33. The molecule has 0 aromatic heterocycles. The van der Waals surface area contributed by atoms with Crippen LogP contribution in [0.1, 0.15) is 41.5 Å². The lowest BCUT2D eigenvalue weighted by atomic mass is 10.1. The zero-order valence-electron chi connectivity index (χ0n) is 15.2. The molecule has 1 aliphatic rings. The number of carbonyl (C=O) groups excluding carboxylic acids is 3. The standard InChI is InChI=1S/C20H21N3O3/c1-20(2,3)23-17(24)15-11-10-13(12-16(15)18(23)25)21-19(26)22(4)14-8-6-5-7-9-14/h5-12H,1-4H3,(H,21,26). The van der Waals surface area contributed by atoms with Crippen LogP contribution in [0.4, 0.5) is 16.2 Å². The van der Waals surface area contributed by atoms with Gasteiger partial charge in [-0.05, 0) is 51.1 Å². The third-order valence-corrected chi connectivity index (χ3v) is 4.26. The number of benzene rings is 2. The number of nitrogens with one attached hydrogen (secondary N) is 1. The van der Waals surface area contributed by atoms with Gasteiger partial charge in [-0.25, -0.2) is 4.79 Å². The van der Waals surface area contributed by atoms with Crippen LogP contribution in [0.15, 0.2) is 48.5 Å². The second-order valence-electron chi connectivity index (χ2n) is 7.20. The highest BCUT2D eigenvalue weighted by Gasteiger charge is 2.41. The molecule has 0 unspecified atom stereocenters. The van der Waals surface area contributed by atoms with Crippen molar-refractivity contribution in [1.29, 1.82) is 0 Å². The van der Waals surface area contributed by atoms with Gasteiger partial charge in [0.1, 0.15) is 0 Å². The number of imide groups is 1. The van der Waals surface area contributed by atoms with E-state index in [2.05, 4.69) is 5.32 Å². The van der Waals surface area contributed by atoms with Crippen molar-refractivity contribution in [2.24, 2.45) is 0 Å². The highest BCUT2D eigenvalue weighted by Crippen LogP contribution is 2.31. The number of para-hydroxylation sites is 1. The van der Waals surface area contributed by atoms with Gasteiger partial charge in [0.15, 0.2) is 0 Å². The van der Waals surface area contributed by atoms with Crippen LogP contribution in [-0.2, 0) is 0 Å². The van der Waals surface area contributed by atoms with Crippen LogP contribution in [0.3, 0.4) is 0 Å². The molecule has 0 aliphatic carbocycles. The van der Waals surface area contributed by atoms with E-state index in [9.17, 15) is 14.4 Å². The summed E-state index contributed by atoms with van der Waals surface area (Å²) in [5, 5.41) is 2.76. The highest BCUT2D eigenvalue weighted by molar-refractivity contribution is 6.22. The molecular weight excluding hydrogens is 330 g/mol. The molecule has 0 radical (unpaired) electrons. The topological polar surface area (TPSA) is 69.7 Å². The molecule has 26 heavy (non-hydrogen) atoms. The Kier molecular flexibility index (Phi) is 4.28. The zero-order valence-corrected chi connectivity index (χ0v) is 15.2. The molecule has 4 amide bonds. The minimum atomic E-state index is -0.607. The van der Waals surface area contributed by atoms with E-state index in [1.54, 1.807) is 25.2 Å². The lowest BCUT2D eigenvalue weighted by molar-refractivity contribution is 0.0507. The minimum absolute atomic E-state index is 0.309. The Balaban J connectivity index is 1.83. The molecule has 0 fully saturated rings. The summed E-state index contributed by atoms with van der Waals surface area (Å²) >= 11 is 0. The fraction of sp³-hybridized carbons (Fsp3) is 0.250. The molecule has 0 bridgehead atoms. The summed E-state index contributed by atoms with van der Waals surface area (Å²) < 4.78 is 0. The average Bonchev–Trinajstić information content (AvgIpc) is 2.85. The summed E-state index contributed by atoms with van der Waals surface area (Å²) in [5.41, 5.74) is 1.28. The molecule has 1 heterocycles. The van der Waals surface area contributed by atoms with Crippen LogP contribution in [0, 0.1) is 0 Å². The third kappa shape index (κ3) is 3.06. The highest BCUT2D eigenvalue weighted by atomic mass is 16.2. The van der Waals surface area contributed by atoms with E-state index in [-0.39, 0.29) is 17.8 Å². The summed E-state index contributed by atoms with van der Waals surface area (Å²) in [7, 11) is 1.66. The smallest absolute Gasteiger partial charge is 0.308 e. The van der Waals surface area contributed by atoms with Crippen molar-refractivity contribution >= 4 is 29.2 Å². The molecule has 2 aromatic rings. The van der Waals surface area contributed by atoms with Crippen molar-refractivity contribution in [2.75, 3.05) is 17.3 Å².